The van der Waals surface area contributed by atoms with Gasteiger partial charge in [-0.05, 0) is 24.1 Å². The number of nitrogens with zero attached hydrogens (tertiary/aromatic N) is 1. The molecule has 0 aliphatic heterocycles. The molecule has 2 aromatic rings. The maximum atomic E-state index is 5.46. The number of oxazole rings is 1. The van der Waals surface area contributed by atoms with Gasteiger partial charge in [0.25, 0.3) is 0 Å². The van der Waals surface area contributed by atoms with E-state index in [0.717, 1.165) is 16.8 Å². The number of anilines is 1. The molecule has 4 nitrogen and oxygen atoms in total. The lowest BCUT2D eigenvalue weighted by atomic mass is 10.1. The Morgan fingerprint density at radius 3 is 2.83 bits per heavy atom. The topological polar surface area (TPSA) is 47.3 Å². The van der Waals surface area contributed by atoms with E-state index in [1.165, 1.54) is 0 Å². The maximum absolute atomic E-state index is 5.46. The monoisotopic (exact) mass is 248 g/mol. The van der Waals surface area contributed by atoms with Crippen molar-refractivity contribution in [2.24, 2.45) is 5.92 Å². The summed E-state index contributed by atoms with van der Waals surface area (Å²) < 4.78 is 10.7. The Kier molecular flexibility index (Phi) is 3.87. The first-order valence-electron chi connectivity index (χ1n) is 6.23. The molecule has 0 spiro atoms. The second kappa shape index (κ2) is 5.40. The van der Waals surface area contributed by atoms with E-state index in [-0.39, 0.29) is 0 Å². The highest BCUT2D eigenvalue weighted by atomic mass is 16.5. The first-order chi connectivity index (χ1) is 8.60. The minimum absolute atomic E-state index is 0.292. The van der Waals surface area contributed by atoms with Crippen LogP contribution in [0, 0.1) is 12.8 Å². The summed E-state index contributed by atoms with van der Waals surface area (Å²) in [5.41, 5.74) is 2.76. The van der Waals surface area contributed by atoms with Crippen LogP contribution in [0.2, 0.25) is 0 Å². The average Bonchev–Trinajstić information content (AvgIpc) is 2.67. The first kappa shape index (κ1) is 12.9. The number of aryl methyl sites for hydroxylation is 1. The molecular formula is C14H20N2O2. The average molecular weight is 248 g/mol. The lowest BCUT2D eigenvalue weighted by Crippen LogP contribution is -2.30. The van der Waals surface area contributed by atoms with Gasteiger partial charge in [-0.15, -0.1) is 0 Å². The minimum Gasteiger partial charge on any atom is -0.441 e. The molecule has 2 rings (SSSR count). The Balaban J connectivity index is 2.19. The summed E-state index contributed by atoms with van der Waals surface area (Å²) in [5, 5.41) is 3.47. The Hall–Kier alpha value is -1.55. The molecule has 0 saturated carbocycles. The Labute approximate surface area is 107 Å². The van der Waals surface area contributed by atoms with E-state index < -0.39 is 0 Å². The van der Waals surface area contributed by atoms with Crippen LogP contribution in [0.1, 0.15) is 19.7 Å². The molecule has 0 bridgehead atoms. The van der Waals surface area contributed by atoms with Crippen molar-refractivity contribution in [2.45, 2.75) is 26.8 Å². The number of nitrogens with one attached hydrogen (secondary N) is 1. The van der Waals surface area contributed by atoms with Crippen molar-refractivity contribution in [3.05, 3.63) is 24.1 Å². The van der Waals surface area contributed by atoms with Crippen molar-refractivity contribution >= 4 is 16.8 Å². The molecule has 18 heavy (non-hydrogen) atoms. The van der Waals surface area contributed by atoms with Crippen LogP contribution in [-0.2, 0) is 4.74 Å². The zero-order valence-corrected chi connectivity index (χ0v) is 11.4. The largest absolute Gasteiger partial charge is 0.441 e. The zero-order chi connectivity index (χ0) is 13.1. The van der Waals surface area contributed by atoms with Gasteiger partial charge in [0.05, 0.1) is 12.6 Å². The van der Waals surface area contributed by atoms with Gasteiger partial charge >= 0.3 is 0 Å². The van der Waals surface area contributed by atoms with Gasteiger partial charge in [-0.2, -0.15) is 0 Å². The van der Waals surface area contributed by atoms with Gasteiger partial charge < -0.3 is 14.5 Å². The third-order valence-electron chi connectivity index (χ3n) is 3.00. The summed E-state index contributed by atoms with van der Waals surface area (Å²) in [6.07, 6.45) is 0. The highest BCUT2D eigenvalue weighted by Gasteiger charge is 2.13. The fourth-order valence-corrected chi connectivity index (χ4v) is 1.93. The molecule has 4 heteroatoms. The molecule has 1 N–H and O–H groups in total. The van der Waals surface area contributed by atoms with Crippen LogP contribution >= 0.6 is 0 Å². The van der Waals surface area contributed by atoms with Crippen LogP contribution in [0.15, 0.2) is 22.6 Å². The van der Waals surface area contributed by atoms with Crippen molar-refractivity contribution < 1.29 is 9.15 Å². The van der Waals surface area contributed by atoms with Gasteiger partial charge in [0.2, 0.25) is 0 Å². The predicted octanol–water partition coefficient (Wildman–Crippen LogP) is 3.22. The fourth-order valence-electron chi connectivity index (χ4n) is 1.93. The molecule has 0 fully saturated rings. The third-order valence-corrected chi connectivity index (χ3v) is 3.00. The van der Waals surface area contributed by atoms with Gasteiger partial charge in [-0.3, -0.25) is 0 Å². The number of rotatable bonds is 5. The molecule has 1 unspecified atom stereocenters. The number of fused-ring (bicyclic) bond motifs is 1. The second-order valence-corrected chi connectivity index (χ2v) is 4.87. The van der Waals surface area contributed by atoms with Crippen LogP contribution in [-0.4, -0.2) is 24.7 Å². The molecule has 1 heterocycles. The van der Waals surface area contributed by atoms with Crippen LogP contribution in [0.25, 0.3) is 11.1 Å². The van der Waals surface area contributed by atoms with Crippen molar-refractivity contribution in [2.75, 3.05) is 19.0 Å². The Morgan fingerprint density at radius 1 is 1.39 bits per heavy atom. The molecule has 1 aromatic heterocycles. The van der Waals surface area contributed by atoms with Crippen LogP contribution in [0.4, 0.5) is 5.69 Å². The Bertz CT molecular complexity index is 519. The molecule has 0 aliphatic rings. The number of hydrogen-bond donors (Lipinski definition) is 1. The summed E-state index contributed by atoms with van der Waals surface area (Å²) in [5.74, 6) is 1.19. The van der Waals surface area contributed by atoms with E-state index in [2.05, 4.69) is 24.1 Å². The highest BCUT2D eigenvalue weighted by Crippen LogP contribution is 2.21. The SMILES string of the molecule is COCC(Nc1ccc2oc(C)nc2c1)C(C)C. The molecule has 0 amide bonds. The summed E-state index contributed by atoms with van der Waals surface area (Å²) in [6, 6.07) is 6.26. The maximum Gasteiger partial charge on any atom is 0.192 e. The number of aromatic nitrogens is 1. The van der Waals surface area contributed by atoms with Gasteiger partial charge in [0.15, 0.2) is 11.5 Å². The minimum atomic E-state index is 0.292. The summed E-state index contributed by atoms with van der Waals surface area (Å²) in [4.78, 5) is 4.33. The lowest BCUT2D eigenvalue weighted by Gasteiger charge is -2.22. The van der Waals surface area contributed by atoms with Crippen LogP contribution < -0.4 is 5.32 Å². The quantitative estimate of drug-likeness (QED) is 0.882. The number of ether oxygens (including phenoxy) is 1. The number of methoxy groups -OCH3 is 1. The summed E-state index contributed by atoms with van der Waals surface area (Å²) in [6.45, 7) is 6.90. The summed E-state index contributed by atoms with van der Waals surface area (Å²) >= 11 is 0. The first-order valence-corrected chi connectivity index (χ1v) is 6.23. The van der Waals surface area contributed by atoms with E-state index in [1.807, 2.05) is 25.1 Å². The van der Waals surface area contributed by atoms with Crippen LogP contribution in [0.3, 0.4) is 0 Å². The van der Waals surface area contributed by atoms with Gasteiger partial charge in [-0.25, -0.2) is 4.98 Å². The van der Waals surface area contributed by atoms with E-state index >= 15 is 0 Å². The van der Waals surface area contributed by atoms with Crippen molar-refractivity contribution in [3.63, 3.8) is 0 Å². The van der Waals surface area contributed by atoms with Crippen molar-refractivity contribution in [1.82, 2.24) is 4.98 Å². The second-order valence-electron chi connectivity index (χ2n) is 4.87. The van der Waals surface area contributed by atoms with E-state index in [4.69, 9.17) is 9.15 Å². The molecule has 98 valence electrons. The highest BCUT2D eigenvalue weighted by molar-refractivity contribution is 5.77. The zero-order valence-electron chi connectivity index (χ0n) is 11.4. The van der Waals surface area contributed by atoms with Crippen molar-refractivity contribution in [3.8, 4) is 0 Å². The molecular weight excluding hydrogens is 228 g/mol. The smallest absolute Gasteiger partial charge is 0.192 e. The molecule has 1 atom stereocenters. The number of benzene rings is 1. The number of hydrogen-bond acceptors (Lipinski definition) is 4. The molecule has 1 aromatic carbocycles. The van der Waals surface area contributed by atoms with Gasteiger partial charge in [-0.1, -0.05) is 13.8 Å². The predicted molar refractivity (Wildman–Crippen MR) is 72.9 cm³/mol. The van der Waals surface area contributed by atoms with E-state index in [1.54, 1.807) is 7.11 Å². The third kappa shape index (κ3) is 2.82. The van der Waals surface area contributed by atoms with E-state index in [0.29, 0.717) is 24.5 Å². The molecule has 0 saturated heterocycles. The summed E-state index contributed by atoms with van der Waals surface area (Å²) in [7, 11) is 1.72. The fraction of sp³-hybridized carbons (Fsp3) is 0.500. The van der Waals surface area contributed by atoms with Gasteiger partial charge in [0, 0.05) is 19.7 Å². The molecule has 0 aliphatic carbocycles. The lowest BCUT2D eigenvalue weighted by molar-refractivity contribution is 0.171. The van der Waals surface area contributed by atoms with Crippen molar-refractivity contribution in [1.29, 1.82) is 0 Å². The normalized spacial score (nSPS) is 13.2. The van der Waals surface area contributed by atoms with E-state index in [9.17, 15) is 0 Å². The van der Waals surface area contributed by atoms with Crippen LogP contribution in [0.5, 0.6) is 0 Å². The van der Waals surface area contributed by atoms with Gasteiger partial charge in [0.1, 0.15) is 5.52 Å². The Morgan fingerprint density at radius 2 is 2.17 bits per heavy atom. The standard InChI is InChI=1S/C14H20N2O2/c1-9(2)13(8-17-4)16-11-5-6-14-12(7-11)15-10(3)18-14/h5-7,9,13,16H,8H2,1-4H3. The molecule has 0 radical (unpaired) electrons.